The number of anilines is 2. The zero-order chi connectivity index (χ0) is 13.1. The highest BCUT2D eigenvalue weighted by atomic mass is 35.5. The summed E-state index contributed by atoms with van der Waals surface area (Å²) >= 11 is 5.96. The van der Waals surface area contributed by atoms with Crippen LogP contribution in [0.25, 0.3) is 0 Å². The molecule has 1 amide bonds. The van der Waals surface area contributed by atoms with Crippen molar-refractivity contribution in [2.75, 3.05) is 11.1 Å². The first-order valence-corrected chi connectivity index (χ1v) is 5.73. The number of nitrogens with two attached hydrogens (primary N) is 1. The number of carbonyl (C=O) groups excluding carboxylic acids is 1. The molecule has 2 rings (SSSR count). The van der Waals surface area contributed by atoms with Crippen molar-refractivity contribution in [1.82, 2.24) is 4.98 Å². The number of nitrogens with one attached hydrogen (secondary N) is 1. The summed E-state index contributed by atoms with van der Waals surface area (Å²) in [4.78, 5) is 16.1. The number of carbonyl (C=O) groups is 1. The van der Waals surface area contributed by atoms with Gasteiger partial charge < -0.3 is 11.1 Å². The third-order valence-corrected chi connectivity index (χ3v) is 2.77. The minimum atomic E-state index is -0.326. The fourth-order valence-electron chi connectivity index (χ4n) is 1.52. The molecule has 0 aliphatic rings. The number of aryl methyl sites for hydroxylation is 1. The van der Waals surface area contributed by atoms with Gasteiger partial charge in [0, 0.05) is 17.6 Å². The molecule has 4 nitrogen and oxygen atoms in total. The van der Waals surface area contributed by atoms with E-state index < -0.39 is 0 Å². The van der Waals surface area contributed by atoms with Crippen molar-refractivity contribution < 1.29 is 4.79 Å². The van der Waals surface area contributed by atoms with E-state index in [2.05, 4.69) is 10.3 Å². The number of rotatable bonds is 2. The molecule has 0 spiro atoms. The SMILES string of the molecule is Cc1cc(N)c(C(=O)Nc2ccccc2Cl)cn1. The van der Waals surface area contributed by atoms with Crippen LogP contribution >= 0.6 is 11.6 Å². The van der Waals surface area contributed by atoms with E-state index in [0.717, 1.165) is 5.69 Å². The van der Waals surface area contributed by atoms with Crippen LogP contribution in [0.2, 0.25) is 5.02 Å². The number of hydrogen-bond acceptors (Lipinski definition) is 3. The smallest absolute Gasteiger partial charge is 0.259 e. The Bertz CT molecular complexity index is 599. The topological polar surface area (TPSA) is 68.0 Å². The lowest BCUT2D eigenvalue weighted by Gasteiger charge is -2.08. The summed E-state index contributed by atoms with van der Waals surface area (Å²) in [5.74, 6) is -0.326. The second kappa shape index (κ2) is 5.06. The number of para-hydroxylation sites is 1. The first-order valence-electron chi connectivity index (χ1n) is 5.36. The molecular formula is C13H12ClN3O. The van der Waals surface area contributed by atoms with Crippen molar-refractivity contribution in [3.63, 3.8) is 0 Å². The third kappa shape index (κ3) is 2.60. The quantitative estimate of drug-likeness (QED) is 0.873. The molecule has 1 aromatic heterocycles. The molecule has 0 fully saturated rings. The van der Waals surface area contributed by atoms with E-state index in [1.165, 1.54) is 6.20 Å². The molecule has 0 atom stereocenters. The minimum absolute atomic E-state index is 0.326. The Kier molecular flexibility index (Phi) is 3.48. The standard InChI is InChI=1S/C13H12ClN3O/c1-8-6-11(15)9(7-16-8)13(18)17-12-5-3-2-4-10(12)14/h2-7H,1H3,(H2,15,16)(H,17,18). The largest absolute Gasteiger partial charge is 0.398 e. The molecule has 0 saturated carbocycles. The van der Waals surface area contributed by atoms with Gasteiger partial charge in [0.2, 0.25) is 0 Å². The lowest BCUT2D eigenvalue weighted by atomic mass is 10.2. The highest BCUT2D eigenvalue weighted by Gasteiger charge is 2.11. The Balaban J connectivity index is 2.25. The summed E-state index contributed by atoms with van der Waals surface area (Å²) in [6, 6.07) is 8.66. The van der Waals surface area contributed by atoms with Crippen LogP contribution in [0.3, 0.4) is 0 Å². The second-order valence-corrected chi connectivity index (χ2v) is 4.25. The van der Waals surface area contributed by atoms with E-state index in [4.69, 9.17) is 17.3 Å². The minimum Gasteiger partial charge on any atom is -0.398 e. The molecule has 1 aromatic carbocycles. The van der Waals surface area contributed by atoms with Gasteiger partial charge in [-0.15, -0.1) is 0 Å². The van der Waals surface area contributed by atoms with Crippen LogP contribution in [0.15, 0.2) is 36.5 Å². The molecule has 0 aliphatic carbocycles. The van der Waals surface area contributed by atoms with Crippen LogP contribution in [0, 0.1) is 6.92 Å². The molecule has 3 N–H and O–H groups in total. The predicted octanol–water partition coefficient (Wildman–Crippen LogP) is 2.88. The molecular weight excluding hydrogens is 250 g/mol. The van der Waals surface area contributed by atoms with Crippen molar-refractivity contribution in [1.29, 1.82) is 0 Å². The van der Waals surface area contributed by atoms with Crippen molar-refractivity contribution in [2.45, 2.75) is 6.92 Å². The fraction of sp³-hybridized carbons (Fsp3) is 0.0769. The zero-order valence-corrected chi connectivity index (χ0v) is 10.5. The van der Waals surface area contributed by atoms with E-state index >= 15 is 0 Å². The summed E-state index contributed by atoms with van der Waals surface area (Å²) in [7, 11) is 0. The number of aromatic nitrogens is 1. The molecule has 0 aliphatic heterocycles. The van der Waals surface area contributed by atoms with E-state index in [0.29, 0.717) is 22.0 Å². The Morgan fingerprint density at radius 3 is 2.78 bits per heavy atom. The van der Waals surface area contributed by atoms with Gasteiger partial charge in [-0.2, -0.15) is 0 Å². The van der Waals surface area contributed by atoms with Crippen LogP contribution in [-0.4, -0.2) is 10.9 Å². The van der Waals surface area contributed by atoms with Gasteiger partial charge in [0.1, 0.15) is 0 Å². The van der Waals surface area contributed by atoms with Crippen LogP contribution < -0.4 is 11.1 Å². The first-order chi connectivity index (χ1) is 8.58. The lowest BCUT2D eigenvalue weighted by molar-refractivity contribution is 0.102. The summed E-state index contributed by atoms with van der Waals surface area (Å²) in [6.07, 6.45) is 1.46. The Morgan fingerprint density at radius 2 is 2.11 bits per heavy atom. The van der Waals surface area contributed by atoms with Crippen LogP contribution in [0.1, 0.15) is 16.1 Å². The molecule has 5 heteroatoms. The summed E-state index contributed by atoms with van der Waals surface area (Å²) in [6.45, 7) is 1.81. The van der Waals surface area contributed by atoms with Gasteiger partial charge in [-0.25, -0.2) is 0 Å². The monoisotopic (exact) mass is 261 g/mol. The maximum Gasteiger partial charge on any atom is 0.259 e. The van der Waals surface area contributed by atoms with Crippen LogP contribution in [0.4, 0.5) is 11.4 Å². The van der Waals surface area contributed by atoms with Crippen molar-refractivity contribution in [2.24, 2.45) is 0 Å². The third-order valence-electron chi connectivity index (χ3n) is 2.44. The molecule has 18 heavy (non-hydrogen) atoms. The lowest BCUT2D eigenvalue weighted by Crippen LogP contribution is -2.14. The average molecular weight is 262 g/mol. The number of benzene rings is 1. The summed E-state index contributed by atoms with van der Waals surface area (Å²) in [5.41, 5.74) is 7.82. The highest BCUT2D eigenvalue weighted by molar-refractivity contribution is 6.34. The van der Waals surface area contributed by atoms with Crippen molar-refractivity contribution in [3.8, 4) is 0 Å². The molecule has 0 bridgehead atoms. The van der Waals surface area contributed by atoms with Gasteiger partial charge in [-0.1, -0.05) is 23.7 Å². The van der Waals surface area contributed by atoms with Crippen molar-refractivity contribution >= 4 is 28.9 Å². The maximum atomic E-state index is 12.0. The number of nitrogens with zero attached hydrogens (tertiary/aromatic N) is 1. The van der Waals surface area contributed by atoms with E-state index in [1.54, 1.807) is 30.3 Å². The van der Waals surface area contributed by atoms with Crippen LogP contribution in [-0.2, 0) is 0 Å². The number of pyridine rings is 1. The molecule has 2 aromatic rings. The summed E-state index contributed by atoms with van der Waals surface area (Å²) < 4.78 is 0. The zero-order valence-electron chi connectivity index (χ0n) is 9.77. The van der Waals surface area contributed by atoms with Gasteiger partial charge >= 0.3 is 0 Å². The molecule has 0 radical (unpaired) electrons. The fourth-order valence-corrected chi connectivity index (χ4v) is 1.71. The highest BCUT2D eigenvalue weighted by Crippen LogP contribution is 2.22. The number of amides is 1. The number of nitrogen functional groups attached to an aromatic ring is 1. The normalized spacial score (nSPS) is 10.1. The molecule has 0 unspecified atom stereocenters. The van der Waals surface area contributed by atoms with Gasteiger partial charge in [-0.05, 0) is 25.1 Å². The Labute approximate surface area is 110 Å². The summed E-state index contributed by atoms with van der Waals surface area (Å²) in [5, 5.41) is 3.17. The number of hydrogen-bond donors (Lipinski definition) is 2. The van der Waals surface area contributed by atoms with Crippen LogP contribution in [0.5, 0.6) is 0 Å². The predicted molar refractivity (Wildman–Crippen MR) is 72.8 cm³/mol. The van der Waals surface area contributed by atoms with E-state index in [-0.39, 0.29) is 5.91 Å². The molecule has 1 heterocycles. The second-order valence-electron chi connectivity index (χ2n) is 3.85. The number of halogens is 1. The first kappa shape index (κ1) is 12.4. The van der Waals surface area contributed by atoms with Gasteiger partial charge in [-0.3, -0.25) is 9.78 Å². The van der Waals surface area contributed by atoms with Gasteiger partial charge in [0.05, 0.1) is 16.3 Å². The van der Waals surface area contributed by atoms with Crippen molar-refractivity contribution in [3.05, 3.63) is 52.8 Å². The van der Waals surface area contributed by atoms with Gasteiger partial charge in [0.15, 0.2) is 0 Å². The maximum absolute atomic E-state index is 12.0. The van der Waals surface area contributed by atoms with E-state index in [1.807, 2.05) is 6.92 Å². The molecule has 0 saturated heterocycles. The average Bonchev–Trinajstić information content (AvgIpc) is 2.32. The Hall–Kier alpha value is -2.07. The van der Waals surface area contributed by atoms with Gasteiger partial charge in [0.25, 0.3) is 5.91 Å². The van der Waals surface area contributed by atoms with E-state index in [9.17, 15) is 4.79 Å². The Morgan fingerprint density at radius 1 is 1.39 bits per heavy atom. The molecule has 92 valence electrons.